The molecule has 9 nitrogen and oxygen atoms in total. The average molecular weight is 556 g/mol. The number of aromatic hydroxyl groups is 1. The Kier molecular flexibility index (Phi) is 10.3. The lowest BCUT2D eigenvalue weighted by Gasteiger charge is -2.31. The first-order chi connectivity index (χ1) is 18.5. The first-order valence-electron chi connectivity index (χ1n) is 12.7. The quantitative estimate of drug-likeness (QED) is 0.238. The number of nitrogens with one attached hydrogen (secondary N) is 1. The van der Waals surface area contributed by atoms with Gasteiger partial charge in [-0.1, -0.05) is 50.2 Å². The fourth-order valence-corrected chi connectivity index (χ4v) is 5.86. The first kappa shape index (κ1) is 29.9. The molecule has 0 spiro atoms. The third-order valence-corrected chi connectivity index (χ3v) is 8.04. The molecule has 5 N–H and O–H groups in total. The summed E-state index contributed by atoms with van der Waals surface area (Å²) >= 11 is 0. The summed E-state index contributed by atoms with van der Waals surface area (Å²) in [4.78, 5) is 13.1. The van der Waals surface area contributed by atoms with Crippen LogP contribution in [0.5, 0.6) is 11.5 Å². The van der Waals surface area contributed by atoms with Gasteiger partial charge in [-0.05, 0) is 59.9 Å². The summed E-state index contributed by atoms with van der Waals surface area (Å²) in [6.07, 6.45) is -0.964. The topological polar surface area (TPSA) is 142 Å². The minimum atomic E-state index is -3.94. The van der Waals surface area contributed by atoms with Crippen LogP contribution < -0.4 is 15.8 Å². The summed E-state index contributed by atoms with van der Waals surface area (Å²) in [6, 6.07) is 19.2. The Bertz CT molecular complexity index is 1330. The number of nitrogen functional groups attached to an aromatic ring is 1. The van der Waals surface area contributed by atoms with Gasteiger partial charge >= 0.3 is 0 Å². The fourth-order valence-electron chi connectivity index (χ4n) is 4.24. The maximum absolute atomic E-state index is 13.5. The number of nitrogens with two attached hydrogens (primary N) is 1. The number of sulfonamides is 1. The number of aliphatic hydroxyl groups excluding tert-OH is 1. The van der Waals surface area contributed by atoms with Crippen molar-refractivity contribution in [3.8, 4) is 11.5 Å². The smallest absolute Gasteiger partial charge is 0.243 e. The highest BCUT2D eigenvalue weighted by atomic mass is 32.2. The van der Waals surface area contributed by atoms with E-state index in [0.717, 1.165) is 5.56 Å². The molecule has 3 rings (SSSR count). The molecule has 0 aliphatic heterocycles. The van der Waals surface area contributed by atoms with Gasteiger partial charge in [0.05, 0.1) is 30.6 Å². The number of carbonyl (C=O) groups excluding carboxylic acids is 1. The summed E-state index contributed by atoms with van der Waals surface area (Å²) in [5.41, 5.74) is 7.62. The molecular weight excluding hydrogens is 518 g/mol. The van der Waals surface area contributed by atoms with Gasteiger partial charge in [0.25, 0.3) is 0 Å². The molecule has 3 aromatic carbocycles. The Morgan fingerprint density at radius 2 is 1.67 bits per heavy atom. The van der Waals surface area contributed by atoms with Gasteiger partial charge in [0.1, 0.15) is 0 Å². The Balaban J connectivity index is 1.83. The van der Waals surface area contributed by atoms with Gasteiger partial charge in [-0.15, -0.1) is 0 Å². The minimum absolute atomic E-state index is 0.00864. The van der Waals surface area contributed by atoms with Crippen molar-refractivity contribution >= 4 is 21.6 Å². The van der Waals surface area contributed by atoms with Crippen LogP contribution in [0.4, 0.5) is 5.69 Å². The molecule has 0 aliphatic rings. The van der Waals surface area contributed by atoms with E-state index in [1.807, 2.05) is 44.2 Å². The number of carbonyl (C=O) groups is 1. The van der Waals surface area contributed by atoms with Crippen LogP contribution in [0.25, 0.3) is 0 Å². The van der Waals surface area contributed by atoms with Crippen molar-refractivity contribution in [1.29, 1.82) is 0 Å². The molecule has 210 valence electrons. The largest absolute Gasteiger partial charge is 0.504 e. The number of phenolic OH excluding ortho intramolecular Hbond substituents is 1. The van der Waals surface area contributed by atoms with E-state index in [1.54, 1.807) is 12.1 Å². The highest BCUT2D eigenvalue weighted by molar-refractivity contribution is 7.89. The number of nitrogens with zero attached hydrogens (tertiary/aromatic N) is 1. The molecule has 0 saturated heterocycles. The Hall–Kier alpha value is -3.60. The molecule has 0 fully saturated rings. The Morgan fingerprint density at radius 3 is 2.26 bits per heavy atom. The average Bonchev–Trinajstić information content (AvgIpc) is 2.88. The van der Waals surface area contributed by atoms with Crippen molar-refractivity contribution in [3.63, 3.8) is 0 Å². The molecule has 10 heteroatoms. The number of aliphatic hydroxyl groups is 1. The molecule has 0 saturated carbocycles. The highest BCUT2D eigenvalue weighted by Crippen LogP contribution is 2.26. The van der Waals surface area contributed by atoms with Crippen LogP contribution >= 0.6 is 0 Å². The maximum Gasteiger partial charge on any atom is 0.243 e. The minimum Gasteiger partial charge on any atom is -0.504 e. The van der Waals surface area contributed by atoms with E-state index >= 15 is 0 Å². The summed E-state index contributed by atoms with van der Waals surface area (Å²) in [5.74, 6) is -0.174. The van der Waals surface area contributed by atoms with Crippen LogP contribution in [-0.2, 0) is 27.7 Å². The number of methoxy groups -OCH3 is 1. The summed E-state index contributed by atoms with van der Waals surface area (Å²) < 4.78 is 33.3. The van der Waals surface area contributed by atoms with E-state index in [0.29, 0.717) is 23.4 Å². The van der Waals surface area contributed by atoms with Gasteiger partial charge in [0.2, 0.25) is 15.9 Å². The number of benzene rings is 3. The van der Waals surface area contributed by atoms with Crippen LogP contribution in [-0.4, -0.2) is 61.2 Å². The predicted octanol–water partition coefficient (Wildman–Crippen LogP) is 2.96. The number of rotatable bonds is 13. The zero-order valence-electron chi connectivity index (χ0n) is 22.4. The number of anilines is 1. The van der Waals surface area contributed by atoms with Gasteiger partial charge in [-0.3, -0.25) is 4.79 Å². The Morgan fingerprint density at radius 1 is 1.00 bits per heavy atom. The number of phenols is 1. The second-order valence-electron chi connectivity index (χ2n) is 9.90. The van der Waals surface area contributed by atoms with Gasteiger partial charge < -0.3 is 26.0 Å². The number of hydrogen-bond acceptors (Lipinski definition) is 7. The predicted molar refractivity (Wildman–Crippen MR) is 151 cm³/mol. The van der Waals surface area contributed by atoms with E-state index in [4.69, 9.17) is 10.5 Å². The molecule has 39 heavy (non-hydrogen) atoms. The fraction of sp³-hybridized carbons (Fsp3) is 0.345. The lowest BCUT2D eigenvalue weighted by atomic mass is 10.00. The zero-order chi connectivity index (χ0) is 28.6. The van der Waals surface area contributed by atoms with Crippen molar-refractivity contribution in [2.75, 3.05) is 25.9 Å². The molecule has 0 aliphatic carbocycles. The summed E-state index contributed by atoms with van der Waals surface area (Å²) in [7, 11) is -2.50. The van der Waals surface area contributed by atoms with Crippen molar-refractivity contribution in [1.82, 2.24) is 9.62 Å². The van der Waals surface area contributed by atoms with E-state index in [2.05, 4.69) is 5.32 Å². The summed E-state index contributed by atoms with van der Waals surface area (Å²) in [6.45, 7) is 3.75. The van der Waals surface area contributed by atoms with Crippen molar-refractivity contribution in [2.45, 2.75) is 43.7 Å². The standard InChI is InChI=1S/C29H37N3O6S/c1-20(2)18-32(39(36,37)24-12-10-23(30)11-13-24)19-27(34)25(15-21-7-5-4-6-8-21)31-29(35)17-22-9-14-28(38-3)26(33)16-22/h4-14,16,20,25,27,33-34H,15,17-19,30H2,1-3H3,(H,31,35)/t25-,27+/m0/s1. The summed E-state index contributed by atoms with van der Waals surface area (Å²) in [5, 5.41) is 24.3. The molecule has 3 aromatic rings. The second-order valence-corrected chi connectivity index (χ2v) is 11.8. The maximum atomic E-state index is 13.5. The van der Waals surface area contributed by atoms with Gasteiger partial charge in [0.15, 0.2) is 11.5 Å². The van der Waals surface area contributed by atoms with E-state index in [1.165, 1.54) is 41.7 Å². The first-order valence-corrected chi connectivity index (χ1v) is 14.2. The molecule has 0 unspecified atom stereocenters. The molecule has 1 amide bonds. The van der Waals surface area contributed by atoms with Gasteiger partial charge in [0, 0.05) is 18.8 Å². The van der Waals surface area contributed by atoms with E-state index in [-0.39, 0.29) is 42.0 Å². The third-order valence-electron chi connectivity index (χ3n) is 6.19. The lowest BCUT2D eigenvalue weighted by molar-refractivity contribution is -0.122. The molecular formula is C29H37N3O6S. The molecule has 2 atom stereocenters. The second kappa shape index (κ2) is 13.5. The Labute approximate surface area is 230 Å². The zero-order valence-corrected chi connectivity index (χ0v) is 23.3. The monoisotopic (exact) mass is 555 g/mol. The number of hydrogen-bond donors (Lipinski definition) is 4. The normalized spacial score (nSPS) is 13.3. The molecule has 0 bridgehead atoms. The molecule has 0 aromatic heterocycles. The third kappa shape index (κ3) is 8.44. The number of ether oxygens (including phenoxy) is 1. The van der Waals surface area contributed by atoms with Crippen LogP contribution in [0.1, 0.15) is 25.0 Å². The highest BCUT2D eigenvalue weighted by Gasteiger charge is 2.31. The van der Waals surface area contributed by atoms with E-state index in [9.17, 15) is 23.4 Å². The van der Waals surface area contributed by atoms with Crippen molar-refractivity contribution in [3.05, 3.63) is 83.9 Å². The van der Waals surface area contributed by atoms with Gasteiger partial charge in [-0.25, -0.2) is 8.42 Å². The lowest BCUT2D eigenvalue weighted by Crippen LogP contribution is -2.51. The molecule has 0 heterocycles. The SMILES string of the molecule is COc1ccc(CC(=O)N[C@@H](Cc2ccccc2)[C@H](O)CN(CC(C)C)S(=O)(=O)c2ccc(N)cc2)cc1O. The van der Waals surface area contributed by atoms with Gasteiger partial charge in [-0.2, -0.15) is 4.31 Å². The van der Waals surface area contributed by atoms with Crippen molar-refractivity contribution < 1.29 is 28.2 Å². The van der Waals surface area contributed by atoms with Crippen LogP contribution in [0, 0.1) is 5.92 Å². The van der Waals surface area contributed by atoms with Crippen LogP contribution in [0.2, 0.25) is 0 Å². The number of amides is 1. The van der Waals surface area contributed by atoms with Crippen LogP contribution in [0.3, 0.4) is 0 Å². The van der Waals surface area contributed by atoms with E-state index < -0.39 is 22.2 Å². The van der Waals surface area contributed by atoms with Crippen molar-refractivity contribution in [2.24, 2.45) is 5.92 Å². The molecule has 0 radical (unpaired) electrons. The van der Waals surface area contributed by atoms with Crippen LogP contribution in [0.15, 0.2) is 77.7 Å².